The van der Waals surface area contributed by atoms with E-state index in [1.807, 2.05) is 95.1 Å². The molecule has 304 valence electrons. The molecule has 0 radical (unpaired) electrons. The summed E-state index contributed by atoms with van der Waals surface area (Å²) in [7, 11) is 3.84. The Balaban J connectivity index is 0.000000214. The van der Waals surface area contributed by atoms with Crippen molar-refractivity contribution >= 4 is 57.6 Å². The van der Waals surface area contributed by atoms with Gasteiger partial charge < -0.3 is 47.7 Å². The Morgan fingerprint density at radius 1 is 0.607 bits per heavy atom. The van der Waals surface area contributed by atoms with Crippen LogP contribution in [0.1, 0.15) is 67.0 Å². The number of anilines is 2. The minimum Gasteiger partial charge on any atom is -0.458 e. The molecule has 6 rings (SSSR count). The Hall–Kier alpha value is -5.54. The van der Waals surface area contributed by atoms with Crippen LogP contribution in [-0.2, 0) is 55.8 Å². The van der Waals surface area contributed by atoms with Crippen LogP contribution in [0.2, 0.25) is 0 Å². The second kappa shape index (κ2) is 17.1. The first-order chi connectivity index (χ1) is 26.3. The minimum atomic E-state index is -0.494. The molecule has 0 aliphatic carbocycles. The second-order valence-corrected chi connectivity index (χ2v) is 15.9. The van der Waals surface area contributed by atoms with Gasteiger partial charge in [0.2, 0.25) is 0 Å². The monoisotopic (exact) mass is 776 g/mol. The van der Waals surface area contributed by atoms with Crippen LogP contribution in [-0.4, -0.2) is 117 Å². The number of hydrogen-bond donors (Lipinski definition) is 0. The fourth-order valence-electron chi connectivity index (χ4n) is 6.56. The van der Waals surface area contributed by atoms with Crippen molar-refractivity contribution in [2.45, 2.75) is 79.8 Å². The standard InChI is InChI=1S/2C20H28N4O4/c1-14(25)27-13-17-21-18-15(22(17)5)7-6-8-16(18)23-9-11-24(12-10-23)19(26)28-20(2,3)4;1-14(25)27-13-17-21-15-7-6-8-16(18(15)22(17)5)23-9-11-24(12-10-23)19(26)28-20(2,3)4/h2*6-8H,9-13H2,1-5H3. The van der Waals surface area contributed by atoms with E-state index < -0.39 is 11.2 Å². The molecule has 2 aliphatic heterocycles. The number of piperazine rings is 2. The summed E-state index contributed by atoms with van der Waals surface area (Å²) in [6.45, 7) is 19.5. The van der Waals surface area contributed by atoms with Crippen LogP contribution in [0.3, 0.4) is 0 Å². The highest BCUT2D eigenvalue weighted by Gasteiger charge is 2.29. The number of imidazole rings is 2. The number of aryl methyl sites for hydroxylation is 2. The maximum Gasteiger partial charge on any atom is 0.410 e. The van der Waals surface area contributed by atoms with Crippen LogP contribution in [0.25, 0.3) is 22.1 Å². The molecule has 0 unspecified atom stereocenters. The largest absolute Gasteiger partial charge is 0.458 e. The number of carbonyl (C=O) groups is 4. The van der Waals surface area contributed by atoms with Crippen molar-refractivity contribution < 1.29 is 38.1 Å². The Morgan fingerprint density at radius 2 is 1.05 bits per heavy atom. The Bertz CT molecular complexity index is 2030. The number of ether oxygens (including phenoxy) is 4. The van der Waals surface area contributed by atoms with Crippen LogP contribution in [0.4, 0.5) is 21.0 Å². The molecule has 0 spiro atoms. The molecule has 0 N–H and O–H groups in total. The lowest BCUT2D eigenvalue weighted by Crippen LogP contribution is -2.50. The van der Waals surface area contributed by atoms with Gasteiger partial charge in [0, 0.05) is 80.3 Å². The first-order valence-corrected chi connectivity index (χ1v) is 18.9. The van der Waals surface area contributed by atoms with Crippen molar-refractivity contribution in [3.63, 3.8) is 0 Å². The zero-order chi connectivity index (χ0) is 40.9. The predicted octanol–water partition coefficient (Wildman–Crippen LogP) is 5.39. The Kier molecular flexibility index (Phi) is 12.7. The normalized spacial score (nSPS) is 15.0. The molecule has 0 atom stereocenters. The highest BCUT2D eigenvalue weighted by atomic mass is 16.6. The molecule has 2 aromatic carbocycles. The van der Waals surface area contributed by atoms with E-state index in [0.29, 0.717) is 64.0 Å². The third kappa shape index (κ3) is 10.4. The summed E-state index contributed by atoms with van der Waals surface area (Å²) >= 11 is 0. The fourth-order valence-corrected chi connectivity index (χ4v) is 6.56. The zero-order valence-electron chi connectivity index (χ0n) is 34.4. The molecule has 0 bridgehead atoms. The first kappa shape index (κ1) is 41.6. The molecule has 2 aliphatic rings. The van der Waals surface area contributed by atoms with Crippen molar-refractivity contribution in [1.82, 2.24) is 28.9 Å². The van der Waals surface area contributed by atoms with E-state index in [1.54, 1.807) is 9.80 Å². The van der Waals surface area contributed by atoms with Crippen LogP contribution >= 0.6 is 0 Å². The van der Waals surface area contributed by atoms with Crippen molar-refractivity contribution in [3.05, 3.63) is 48.0 Å². The quantitative estimate of drug-likeness (QED) is 0.182. The van der Waals surface area contributed by atoms with E-state index in [0.717, 1.165) is 33.4 Å². The second-order valence-electron chi connectivity index (χ2n) is 15.9. The minimum absolute atomic E-state index is 0.145. The van der Waals surface area contributed by atoms with Gasteiger partial charge in [-0.25, -0.2) is 19.6 Å². The zero-order valence-corrected chi connectivity index (χ0v) is 34.4. The SMILES string of the molecule is CC(=O)OCc1nc2c(N3CCN(C(=O)OC(C)(C)C)CC3)cccc2n1C.CC(=O)OCc1nc2cccc(N3CCN(C(=O)OC(C)(C)C)CC3)c2n1C. The number of aromatic nitrogens is 4. The number of benzene rings is 2. The topological polar surface area (TPSA) is 154 Å². The van der Waals surface area contributed by atoms with E-state index in [2.05, 4.69) is 20.9 Å². The summed E-state index contributed by atoms with van der Waals surface area (Å²) in [6, 6.07) is 12.0. The number of rotatable bonds is 6. The van der Waals surface area contributed by atoms with Gasteiger partial charge >= 0.3 is 24.1 Å². The maximum absolute atomic E-state index is 12.3. The van der Waals surface area contributed by atoms with Crippen molar-refractivity contribution in [3.8, 4) is 0 Å². The first-order valence-electron chi connectivity index (χ1n) is 18.9. The average Bonchev–Trinajstić information content (AvgIpc) is 3.63. The molecule has 4 aromatic rings. The van der Waals surface area contributed by atoms with Gasteiger partial charge in [-0.3, -0.25) is 9.59 Å². The van der Waals surface area contributed by atoms with Gasteiger partial charge in [-0.15, -0.1) is 0 Å². The van der Waals surface area contributed by atoms with Crippen LogP contribution < -0.4 is 9.80 Å². The molecule has 2 saturated heterocycles. The number of carbonyl (C=O) groups excluding carboxylic acids is 4. The highest BCUT2D eigenvalue weighted by molar-refractivity contribution is 5.90. The van der Waals surface area contributed by atoms with E-state index >= 15 is 0 Å². The molecule has 16 heteroatoms. The van der Waals surface area contributed by atoms with E-state index in [-0.39, 0.29) is 37.3 Å². The van der Waals surface area contributed by atoms with Gasteiger partial charge in [-0.05, 0) is 65.8 Å². The van der Waals surface area contributed by atoms with Gasteiger partial charge in [-0.1, -0.05) is 12.1 Å². The molecule has 2 aromatic heterocycles. The van der Waals surface area contributed by atoms with Gasteiger partial charge in [0.1, 0.15) is 41.6 Å². The van der Waals surface area contributed by atoms with Gasteiger partial charge in [0.15, 0.2) is 0 Å². The number of hydrogen-bond acceptors (Lipinski definition) is 12. The molecule has 2 fully saturated rings. The lowest BCUT2D eigenvalue weighted by atomic mass is 10.2. The molecule has 2 amide bonds. The van der Waals surface area contributed by atoms with Crippen LogP contribution in [0, 0.1) is 0 Å². The van der Waals surface area contributed by atoms with Crippen molar-refractivity contribution in [2.24, 2.45) is 14.1 Å². The number of esters is 2. The Morgan fingerprint density at radius 3 is 1.54 bits per heavy atom. The Labute approximate surface area is 328 Å². The third-order valence-electron chi connectivity index (χ3n) is 9.30. The molecule has 56 heavy (non-hydrogen) atoms. The number of para-hydroxylation sites is 2. The number of nitrogens with zero attached hydrogens (tertiary/aromatic N) is 8. The molecule has 16 nitrogen and oxygen atoms in total. The predicted molar refractivity (Wildman–Crippen MR) is 212 cm³/mol. The molecular formula is C40H56N8O8. The molecule has 0 saturated carbocycles. The highest BCUT2D eigenvalue weighted by Crippen LogP contribution is 2.30. The maximum atomic E-state index is 12.3. The van der Waals surface area contributed by atoms with Gasteiger partial charge in [-0.2, -0.15) is 0 Å². The summed E-state index contributed by atoms with van der Waals surface area (Å²) in [5.41, 5.74) is 4.80. The summed E-state index contributed by atoms with van der Waals surface area (Å²) in [5.74, 6) is 0.742. The summed E-state index contributed by atoms with van der Waals surface area (Å²) in [5, 5.41) is 0. The van der Waals surface area contributed by atoms with E-state index in [9.17, 15) is 19.2 Å². The lowest BCUT2D eigenvalue weighted by molar-refractivity contribution is -0.143. The van der Waals surface area contributed by atoms with E-state index in [1.165, 1.54) is 13.8 Å². The van der Waals surface area contributed by atoms with Crippen molar-refractivity contribution in [2.75, 3.05) is 62.2 Å². The third-order valence-corrected chi connectivity index (χ3v) is 9.30. The summed E-state index contributed by atoms with van der Waals surface area (Å²) in [4.78, 5) is 64.1. The summed E-state index contributed by atoms with van der Waals surface area (Å²) < 4.78 is 25.1. The molecular weight excluding hydrogens is 720 g/mol. The lowest BCUT2D eigenvalue weighted by Gasteiger charge is -2.37. The van der Waals surface area contributed by atoms with Gasteiger partial charge in [0.05, 0.1) is 27.9 Å². The van der Waals surface area contributed by atoms with Crippen LogP contribution in [0.5, 0.6) is 0 Å². The smallest absolute Gasteiger partial charge is 0.410 e. The van der Waals surface area contributed by atoms with Crippen molar-refractivity contribution in [1.29, 1.82) is 0 Å². The number of amides is 2. The molecule has 4 heterocycles. The average molecular weight is 777 g/mol. The summed E-state index contributed by atoms with van der Waals surface area (Å²) in [6.07, 6.45) is -0.540. The van der Waals surface area contributed by atoms with Gasteiger partial charge in [0.25, 0.3) is 0 Å². The van der Waals surface area contributed by atoms with Crippen LogP contribution in [0.15, 0.2) is 36.4 Å². The van der Waals surface area contributed by atoms with E-state index in [4.69, 9.17) is 23.9 Å². The number of fused-ring (bicyclic) bond motifs is 2. The fraction of sp³-hybridized carbons (Fsp3) is 0.550.